The van der Waals surface area contributed by atoms with Crippen LogP contribution in [0.25, 0.3) is 22.0 Å². The molecule has 0 aliphatic rings. The molecule has 2 aromatic carbocycles. The molecular formula is C14H11N2. The second-order valence-electron chi connectivity index (χ2n) is 3.90. The van der Waals surface area contributed by atoms with Gasteiger partial charge in [-0.2, -0.15) is 0 Å². The van der Waals surface area contributed by atoms with Crippen LogP contribution in [0.1, 0.15) is 0 Å². The molecule has 3 aromatic rings. The summed E-state index contributed by atoms with van der Waals surface area (Å²) in [5.41, 5.74) is 2.10. The van der Waals surface area contributed by atoms with Crippen LogP contribution in [-0.2, 0) is 7.05 Å². The maximum Gasteiger partial charge on any atom is 0.176 e. The van der Waals surface area contributed by atoms with Crippen LogP contribution < -0.4 is 0 Å². The molecule has 2 nitrogen and oxygen atoms in total. The zero-order chi connectivity index (χ0) is 11.0. The summed E-state index contributed by atoms with van der Waals surface area (Å²) < 4.78 is 1.84. The molecule has 16 heavy (non-hydrogen) atoms. The molecular weight excluding hydrogens is 196 g/mol. The van der Waals surface area contributed by atoms with Crippen molar-refractivity contribution in [3.05, 3.63) is 55.0 Å². The standard InChI is InChI=1S/C14H11N2/c1-16-9-14(15-10-16)13-7-6-11-4-2-3-5-12(11)8-13/h2-9H,1H3. The largest absolute Gasteiger partial charge is 0.331 e. The van der Waals surface area contributed by atoms with Crippen LogP contribution in [0.2, 0.25) is 0 Å². The summed E-state index contributed by atoms with van der Waals surface area (Å²) in [6.07, 6.45) is 4.86. The van der Waals surface area contributed by atoms with Gasteiger partial charge in [0.25, 0.3) is 0 Å². The molecule has 0 atom stereocenters. The molecule has 1 heterocycles. The molecule has 0 fully saturated rings. The van der Waals surface area contributed by atoms with Crippen LogP contribution in [0.5, 0.6) is 0 Å². The molecule has 0 bridgehead atoms. The van der Waals surface area contributed by atoms with E-state index >= 15 is 0 Å². The quantitative estimate of drug-likeness (QED) is 0.599. The van der Waals surface area contributed by atoms with Crippen LogP contribution >= 0.6 is 0 Å². The van der Waals surface area contributed by atoms with Crippen molar-refractivity contribution in [3.8, 4) is 11.3 Å². The molecule has 0 saturated carbocycles. The van der Waals surface area contributed by atoms with E-state index in [9.17, 15) is 0 Å². The Morgan fingerprint density at radius 2 is 1.88 bits per heavy atom. The molecule has 0 N–H and O–H groups in total. The van der Waals surface area contributed by atoms with Crippen molar-refractivity contribution in [2.24, 2.45) is 7.05 Å². The lowest BCUT2D eigenvalue weighted by atomic mass is 10.1. The Kier molecular flexibility index (Phi) is 2.00. The predicted octanol–water partition coefficient (Wildman–Crippen LogP) is 3.04. The zero-order valence-electron chi connectivity index (χ0n) is 9.01. The number of imidazole rings is 1. The normalized spacial score (nSPS) is 10.8. The summed E-state index contributed by atoms with van der Waals surface area (Å²) in [6, 6.07) is 14.7. The number of aromatic nitrogens is 2. The maximum absolute atomic E-state index is 4.23. The number of fused-ring (bicyclic) bond motifs is 1. The van der Waals surface area contributed by atoms with Crippen LogP contribution in [0, 0.1) is 6.33 Å². The fourth-order valence-corrected chi connectivity index (χ4v) is 1.86. The van der Waals surface area contributed by atoms with Gasteiger partial charge in [0.2, 0.25) is 0 Å². The molecule has 0 spiro atoms. The van der Waals surface area contributed by atoms with Gasteiger partial charge in [-0.3, -0.25) is 0 Å². The van der Waals surface area contributed by atoms with Crippen molar-refractivity contribution in [2.75, 3.05) is 0 Å². The molecule has 3 rings (SSSR count). The van der Waals surface area contributed by atoms with E-state index < -0.39 is 0 Å². The molecule has 0 aliphatic carbocycles. The van der Waals surface area contributed by atoms with Gasteiger partial charge in [-0.25, -0.2) is 4.98 Å². The lowest BCUT2D eigenvalue weighted by molar-refractivity contribution is 0.903. The average molecular weight is 207 g/mol. The number of nitrogens with zero attached hydrogens (tertiary/aromatic N) is 2. The summed E-state index contributed by atoms with van der Waals surface area (Å²) in [6.45, 7) is 0. The molecule has 0 aliphatic heterocycles. The van der Waals surface area contributed by atoms with Crippen molar-refractivity contribution in [1.29, 1.82) is 0 Å². The van der Waals surface area contributed by atoms with Gasteiger partial charge in [0.1, 0.15) is 0 Å². The first kappa shape index (κ1) is 9.16. The molecule has 2 heteroatoms. The molecule has 0 amide bonds. The Hall–Kier alpha value is -2.09. The fraction of sp³-hybridized carbons (Fsp3) is 0.0714. The van der Waals surface area contributed by atoms with E-state index in [2.05, 4.69) is 53.8 Å². The van der Waals surface area contributed by atoms with Gasteiger partial charge < -0.3 is 4.57 Å². The summed E-state index contributed by atoms with van der Waals surface area (Å²) in [7, 11) is 1.93. The van der Waals surface area contributed by atoms with Crippen molar-refractivity contribution in [2.45, 2.75) is 0 Å². The van der Waals surface area contributed by atoms with Gasteiger partial charge in [-0.15, -0.1) is 0 Å². The third-order valence-corrected chi connectivity index (χ3v) is 2.69. The lowest BCUT2D eigenvalue weighted by Crippen LogP contribution is -1.79. The molecule has 0 saturated heterocycles. The second kappa shape index (κ2) is 3.49. The van der Waals surface area contributed by atoms with Crippen LogP contribution in [0.3, 0.4) is 0 Å². The Balaban J connectivity index is 2.18. The summed E-state index contributed by atoms with van der Waals surface area (Å²) in [4.78, 5) is 4.23. The van der Waals surface area contributed by atoms with Crippen molar-refractivity contribution in [3.63, 3.8) is 0 Å². The molecule has 0 unspecified atom stereocenters. The minimum atomic E-state index is 0.966. The highest BCUT2D eigenvalue weighted by atomic mass is 15.0. The number of benzene rings is 2. The van der Waals surface area contributed by atoms with E-state index in [1.807, 2.05) is 17.8 Å². The highest BCUT2D eigenvalue weighted by molar-refractivity contribution is 5.86. The number of hydrogen-bond donors (Lipinski definition) is 0. The maximum atomic E-state index is 4.23. The topological polar surface area (TPSA) is 17.8 Å². The smallest absolute Gasteiger partial charge is 0.176 e. The van der Waals surface area contributed by atoms with E-state index in [-0.39, 0.29) is 0 Å². The summed E-state index contributed by atoms with van der Waals surface area (Å²) >= 11 is 0. The summed E-state index contributed by atoms with van der Waals surface area (Å²) in [5.74, 6) is 0. The highest BCUT2D eigenvalue weighted by Crippen LogP contribution is 2.22. The zero-order valence-corrected chi connectivity index (χ0v) is 9.01. The number of hydrogen-bond acceptors (Lipinski definition) is 1. The fourth-order valence-electron chi connectivity index (χ4n) is 1.86. The van der Waals surface area contributed by atoms with Crippen LogP contribution in [0.15, 0.2) is 48.7 Å². The van der Waals surface area contributed by atoms with Crippen molar-refractivity contribution in [1.82, 2.24) is 9.55 Å². The molecule has 77 valence electrons. The number of aryl methyl sites for hydroxylation is 1. The first-order valence-electron chi connectivity index (χ1n) is 5.23. The highest BCUT2D eigenvalue weighted by Gasteiger charge is 2.01. The Labute approximate surface area is 94.2 Å². The Morgan fingerprint density at radius 3 is 2.62 bits per heavy atom. The predicted molar refractivity (Wildman–Crippen MR) is 65.0 cm³/mol. The van der Waals surface area contributed by atoms with Crippen LogP contribution in [-0.4, -0.2) is 9.55 Å². The minimum Gasteiger partial charge on any atom is -0.331 e. The van der Waals surface area contributed by atoms with E-state index in [1.54, 1.807) is 0 Å². The third kappa shape index (κ3) is 1.48. The Morgan fingerprint density at radius 1 is 1.06 bits per heavy atom. The molecule has 1 aromatic heterocycles. The van der Waals surface area contributed by atoms with Gasteiger partial charge in [0.15, 0.2) is 6.33 Å². The van der Waals surface area contributed by atoms with Gasteiger partial charge in [-0.1, -0.05) is 36.4 Å². The van der Waals surface area contributed by atoms with Gasteiger partial charge in [-0.05, 0) is 16.8 Å². The Bertz CT molecular complexity index is 638. The van der Waals surface area contributed by atoms with Crippen molar-refractivity contribution >= 4 is 10.8 Å². The number of rotatable bonds is 1. The van der Waals surface area contributed by atoms with Crippen LogP contribution in [0.4, 0.5) is 0 Å². The van der Waals surface area contributed by atoms with Crippen molar-refractivity contribution < 1.29 is 0 Å². The first-order valence-corrected chi connectivity index (χ1v) is 5.23. The second-order valence-corrected chi connectivity index (χ2v) is 3.90. The van der Waals surface area contributed by atoms with E-state index in [4.69, 9.17) is 0 Å². The first-order chi connectivity index (χ1) is 7.83. The van der Waals surface area contributed by atoms with E-state index in [0.29, 0.717) is 0 Å². The summed E-state index contributed by atoms with van der Waals surface area (Å²) in [5, 5.41) is 2.50. The minimum absolute atomic E-state index is 0.966. The molecule has 1 radical (unpaired) electrons. The van der Waals surface area contributed by atoms with Gasteiger partial charge >= 0.3 is 0 Å². The third-order valence-electron chi connectivity index (χ3n) is 2.69. The van der Waals surface area contributed by atoms with Gasteiger partial charge in [0, 0.05) is 18.8 Å². The van der Waals surface area contributed by atoms with E-state index in [1.165, 1.54) is 10.8 Å². The SMILES string of the molecule is Cn1[c]nc(-c2ccc3ccccc3c2)c1. The monoisotopic (exact) mass is 207 g/mol. The lowest BCUT2D eigenvalue weighted by Gasteiger charge is -2.00. The average Bonchev–Trinajstić information content (AvgIpc) is 2.75. The van der Waals surface area contributed by atoms with E-state index in [0.717, 1.165) is 11.3 Å². The van der Waals surface area contributed by atoms with Gasteiger partial charge in [0.05, 0.1) is 5.69 Å².